The number of benzene rings is 1. The highest BCUT2D eigenvalue weighted by Crippen LogP contribution is 2.11. The Balaban J connectivity index is 1.74. The van der Waals surface area contributed by atoms with Crippen molar-refractivity contribution in [2.45, 2.75) is 18.5 Å². The third-order valence-electron chi connectivity index (χ3n) is 2.70. The molecule has 0 unspecified atom stereocenters. The van der Waals surface area contributed by atoms with E-state index in [0.29, 0.717) is 17.5 Å². The van der Waals surface area contributed by atoms with Crippen molar-refractivity contribution in [1.29, 1.82) is 0 Å². The number of nitrogens with one attached hydrogen (secondary N) is 2. The fourth-order valence-corrected chi connectivity index (χ4v) is 2.25. The number of hydrogen-bond acceptors (Lipinski definition) is 4. The third-order valence-corrected chi connectivity index (χ3v) is 3.43. The molecule has 2 rings (SSSR count). The van der Waals surface area contributed by atoms with E-state index in [1.54, 1.807) is 17.8 Å². The highest BCUT2D eigenvalue weighted by Gasteiger charge is 2.00. The molecule has 2 aromatic rings. The first-order valence-corrected chi connectivity index (χ1v) is 7.81. The Labute approximate surface area is 128 Å². The van der Waals surface area contributed by atoms with Crippen molar-refractivity contribution in [3.05, 3.63) is 47.8 Å². The molecule has 0 aliphatic heterocycles. The van der Waals surface area contributed by atoms with Crippen LogP contribution in [-0.2, 0) is 11.2 Å². The Bertz CT molecular complexity index is 595. The summed E-state index contributed by atoms with van der Waals surface area (Å²) >= 11 is 1.55. The van der Waals surface area contributed by atoms with Gasteiger partial charge in [0.15, 0.2) is 0 Å². The van der Waals surface area contributed by atoms with Gasteiger partial charge in [-0.25, -0.2) is 4.98 Å². The van der Waals surface area contributed by atoms with Crippen LogP contribution in [0.4, 0.5) is 0 Å². The predicted octanol–water partition coefficient (Wildman–Crippen LogP) is 2.29. The number of H-pyrrole nitrogens is 1. The van der Waals surface area contributed by atoms with Gasteiger partial charge in [0.1, 0.15) is 5.82 Å². The molecule has 110 valence electrons. The minimum atomic E-state index is -0.132. The smallest absolute Gasteiger partial charge is 0.244 e. The molecule has 2 N–H and O–H groups in total. The van der Waals surface area contributed by atoms with Gasteiger partial charge in [-0.3, -0.25) is 9.89 Å². The van der Waals surface area contributed by atoms with Crippen molar-refractivity contribution in [2.75, 3.05) is 12.3 Å². The van der Waals surface area contributed by atoms with Crippen LogP contribution in [0.2, 0.25) is 0 Å². The number of aromatic nitrogens is 3. The molecule has 1 amide bonds. The summed E-state index contributed by atoms with van der Waals surface area (Å²) in [4.78, 5) is 15.9. The molecule has 1 heterocycles. The molecule has 6 heteroatoms. The van der Waals surface area contributed by atoms with Crippen molar-refractivity contribution < 1.29 is 4.79 Å². The second kappa shape index (κ2) is 8.26. The summed E-state index contributed by atoms with van der Waals surface area (Å²) in [6.07, 6.45) is 3.91. The van der Waals surface area contributed by atoms with Gasteiger partial charge < -0.3 is 5.32 Å². The van der Waals surface area contributed by atoms with Gasteiger partial charge >= 0.3 is 0 Å². The molecule has 5 nitrogen and oxygen atoms in total. The summed E-state index contributed by atoms with van der Waals surface area (Å²) in [5.41, 5.74) is 1.21. The molecule has 0 spiro atoms. The van der Waals surface area contributed by atoms with Crippen LogP contribution in [0, 0.1) is 0 Å². The Morgan fingerprint density at radius 3 is 2.95 bits per heavy atom. The van der Waals surface area contributed by atoms with Crippen LogP contribution in [0.5, 0.6) is 0 Å². The Morgan fingerprint density at radius 1 is 1.38 bits per heavy atom. The number of rotatable bonds is 7. The van der Waals surface area contributed by atoms with E-state index in [1.807, 2.05) is 37.3 Å². The molecule has 1 aromatic heterocycles. The zero-order valence-electron chi connectivity index (χ0n) is 11.9. The molecule has 0 aliphatic rings. The maximum absolute atomic E-state index is 11.7. The SMILES string of the molecule is CCSc1n[nH]c(/C=C\C(=O)NCCc2ccccc2)n1. The van der Waals surface area contributed by atoms with Gasteiger partial charge in [-0.1, -0.05) is 49.0 Å². The molecular formula is C15H18N4OS. The van der Waals surface area contributed by atoms with E-state index in [-0.39, 0.29) is 5.91 Å². The summed E-state index contributed by atoms with van der Waals surface area (Å²) in [6.45, 7) is 2.65. The lowest BCUT2D eigenvalue weighted by molar-refractivity contribution is -0.116. The summed E-state index contributed by atoms with van der Waals surface area (Å²) in [5.74, 6) is 1.37. The van der Waals surface area contributed by atoms with Gasteiger partial charge in [-0.15, -0.1) is 5.10 Å². The lowest BCUT2D eigenvalue weighted by Gasteiger charge is -2.02. The lowest BCUT2D eigenvalue weighted by atomic mass is 10.1. The monoisotopic (exact) mass is 302 g/mol. The van der Waals surface area contributed by atoms with Gasteiger partial charge in [0.05, 0.1) is 0 Å². The summed E-state index contributed by atoms with van der Waals surface area (Å²) in [6, 6.07) is 10.1. The van der Waals surface area contributed by atoms with E-state index in [1.165, 1.54) is 11.6 Å². The average molecular weight is 302 g/mol. The molecule has 0 fully saturated rings. The summed E-state index contributed by atoms with van der Waals surface area (Å²) in [5, 5.41) is 10.3. The Hall–Kier alpha value is -2.08. The highest BCUT2D eigenvalue weighted by molar-refractivity contribution is 7.99. The number of amides is 1. The van der Waals surface area contributed by atoms with Crippen LogP contribution in [0.15, 0.2) is 41.6 Å². The Kier molecular flexibility index (Phi) is 6.02. The second-order valence-electron chi connectivity index (χ2n) is 4.30. The molecule has 1 aromatic carbocycles. The maximum atomic E-state index is 11.7. The van der Waals surface area contributed by atoms with Crippen LogP contribution < -0.4 is 5.32 Å². The molecule has 0 saturated heterocycles. The topological polar surface area (TPSA) is 70.7 Å². The van der Waals surface area contributed by atoms with Crippen molar-refractivity contribution in [3.8, 4) is 0 Å². The third kappa shape index (κ3) is 5.43. The number of nitrogens with zero attached hydrogens (tertiary/aromatic N) is 2. The summed E-state index contributed by atoms with van der Waals surface area (Å²) in [7, 11) is 0. The van der Waals surface area contributed by atoms with Gasteiger partial charge in [-0.05, 0) is 23.8 Å². The zero-order chi connectivity index (χ0) is 14.9. The fourth-order valence-electron chi connectivity index (χ4n) is 1.71. The largest absolute Gasteiger partial charge is 0.352 e. The van der Waals surface area contributed by atoms with E-state index >= 15 is 0 Å². The number of carbonyl (C=O) groups is 1. The minimum absolute atomic E-state index is 0.132. The Morgan fingerprint density at radius 2 is 2.19 bits per heavy atom. The van der Waals surface area contributed by atoms with E-state index in [0.717, 1.165) is 12.2 Å². The van der Waals surface area contributed by atoms with Crippen LogP contribution in [0.25, 0.3) is 6.08 Å². The molecule has 0 saturated carbocycles. The number of hydrogen-bond donors (Lipinski definition) is 2. The quantitative estimate of drug-likeness (QED) is 0.608. The van der Waals surface area contributed by atoms with Gasteiger partial charge in [0.25, 0.3) is 0 Å². The van der Waals surface area contributed by atoms with Crippen molar-refractivity contribution in [3.63, 3.8) is 0 Å². The normalized spacial score (nSPS) is 10.9. The standard InChI is InChI=1S/C15H18N4OS/c1-2-21-15-17-13(18-19-15)8-9-14(20)16-11-10-12-6-4-3-5-7-12/h3-9H,2,10-11H2,1H3,(H,16,20)(H,17,18,19)/b9-8-. The van der Waals surface area contributed by atoms with Crippen molar-refractivity contribution in [2.24, 2.45) is 0 Å². The van der Waals surface area contributed by atoms with Crippen molar-refractivity contribution >= 4 is 23.7 Å². The first kappa shape index (κ1) is 15.3. The molecule has 0 aliphatic carbocycles. The second-order valence-corrected chi connectivity index (χ2v) is 5.53. The first-order chi connectivity index (χ1) is 10.3. The van der Waals surface area contributed by atoms with E-state index in [9.17, 15) is 4.79 Å². The van der Waals surface area contributed by atoms with E-state index in [4.69, 9.17) is 0 Å². The van der Waals surface area contributed by atoms with Crippen LogP contribution >= 0.6 is 11.8 Å². The molecule has 0 radical (unpaired) electrons. The van der Waals surface area contributed by atoms with Crippen LogP contribution in [0.3, 0.4) is 0 Å². The predicted molar refractivity (Wildman–Crippen MR) is 85.0 cm³/mol. The van der Waals surface area contributed by atoms with E-state index < -0.39 is 0 Å². The van der Waals surface area contributed by atoms with Crippen molar-refractivity contribution in [1.82, 2.24) is 20.5 Å². The lowest BCUT2D eigenvalue weighted by Crippen LogP contribution is -2.23. The maximum Gasteiger partial charge on any atom is 0.244 e. The minimum Gasteiger partial charge on any atom is -0.352 e. The zero-order valence-corrected chi connectivity index (χ0v) is 12.7. The first-order valence-electron chi connectivity index (χ1n) is 6.83. The molecule has 21 heavy (non-hydrogen) atoms. The number of aromatic amines is 1. The van der Waals surface area contributed by atoms with Gasteiger partial charge in [0.2, 0.25) is 11.1 Å². The number of thioether (sulfide) groups is 1. The summed E-state index contributed by atoms with van der Waals surface area (Å²) < 4.78 is 0. The van der Waals surface area contributed by atoms with Crippen LogP contribution in [-0.4, -0.2) is 33.4 Å². The van der Waals surface area contributed by atoms with Gasteiger partial charge in [0, 0.05) is 12.6 Å². The molecular weight excluding hydrogens is 284 g/mol. The average Bonchev–Trinajstić information content (AvgIpc) is 2.94. The molecule has 0 bridgehead atoms. The fraction of sp³-hybridized carbons (Fsp3) is 0.267. The van der Waals surface area contributed by atoms with E-state index in [2.05, 4.69) is 20.5 Å². The highest BCUT2D eigenvalue weighted by atomic mass is 32.2. The van der Waals surface area contributed by atoms with Crippen LogP contribution in [0.1, 0.15) is 18.3 Å². The molecule has 0 atom stereocenters. The number of carbonyl (C=O) groups excluding carboxylic acids is 1. The van der Waals surface area contributed by atoms with Gasteiger partial charge in [-0.2, -0.15) is 0 Å².